The van der Waals surface area contributed by atoms with E-state index >= 15 is 0 Å². The molecule has 0 aliphatic heterocycles. The van der Waals surface area contributed by atoms with Gasteiger partial charge in [-0.15, -0.1) is 0 Å². The first-order valence-corrected chi connectivity index (χ1v) is 11.9. The van der Waals surface area contributed by atoms with Crippen LogP contribution in [-0.4, -0.2) is 21.0 Å². The molecule has 22 heavy (non-hydrogen) atoms. The van der Waals surface area contributed by atoms with Crippen molar-refractivity contribution in [1.82, 2.24) is 0 Å². The fourth-order valence-electron chi connectivity index (χ4n) is 3.19. The van der Waals surface area contributed by atoms with E-state index in [1.165, 1.54) is 5.56 Å². The van der Waals surface area contributed by atoms with Crippen LogP contribution < -0.4 is 5.19 Å². The monoisotopic (exact) mass is 334 g/mol. The van der Waals surface area contributed by atoms with Gasteiger partial charge in [-0.25, -0.2) is 0 Å². The normalized spacial score (nSPS) is 12.4. The molecule has 118 valence electrons. The Hall–Kier alpha value is -1.43. The minimum absolute atomic E-state index is 0.0811. The molecule has 0 spiro atoms. The highest BCUT2D eigenvalue weighted by molar-refractivity contribution is 7.86. The molecule has 2 aromatic rings. The zero-order chi connectivity index (χ0) is 16.5. The van der Waals surface area contributed by atoms with Crippen LogP contribution in [0.25, 0.3) is 0 Å². The van der Waals surface area contributed by atoms with Crippen LogP contribution >= 0.6 is 0 Å². The fraction of sp³-hybridized carbons (Fsp3) is 0.294. The van der Waals surface area contributed by atoms with Crippen molar-refractivity contribution in [2.24, 2.45) is 0 Å². The summed E-state index contributed by atoms with van der Waals surface area (Å²) >= 11 is 0. The number of hydrogen-bond donors (Lipinski definition) is 1. The number of hydrogen-bond acceptors (Lipinski definition) is 2. The van der Waals surface area contributed by atoms with Crippen molar-refractivity contribution in [3.05, 3.63) is 59.2 Å². The van der Waals surface area contributed by atoms with Crippen molar-refractivity contribution in [3.63, 3.8) is 0 Å². The molecule has 0 aliphatic carbocycles. The molecule has 0 aromatic heterocycles. The summed E-state index contributed by atoms with van der Waals surface area (Å²) in [7, 11) is -6.30. The van der Waals surface area contributed by atoms with Gasteiger partial charge in [-0.1, -0.05) is 60.6 Å². The third-order valence-electron chi connectivity index (χ3n) is 3.89. The van der Waals surface area contributed by atoms with Gasteiger partial charge in [0.1, 0.15) is 0 Å². The van der Waals surface area contributed by atoms with Gasteiger partial charge in [-0.05, 0) is 36.7 Å². The molecular weight excluding hydrogens is 312 g/mol. The maximum Gasteiger partial charge on any atom is 0.294 e. The largest absolute Gasteiger partial charge is 0.294 e. The fourth-order valence-corrected chi connectivity index (χ4v) is 8.48. The van der Waals surface area contributed by atoms with E-state index in [4.69, 9.17) is 0 Å². The summed E-state index contributed by atoms with van der Waals surface area (Å²) in [5.74, 6) is 0. The molecule has 0 fully saturated rings. The Bertz CT molecular complexity index is 781. The highest BCUT2D eigenvalue weighted by atomic mass is 32.2. The third kappa shape index (κ3) is 3.66. The Kier molecular flexibility index (Phi) is 4.61. The van der Waals surface area contributed by atoms with Gasteiger partial charge in [0.15, 0.2) is 0 Å². The Morgan fingerprint density at radius 1 is 1.05 bits per heavy atom. The van der Waals surface area contributed by atoms with Crippen molar-refractivity contribution in [3.8, 4) is 0 Å². The number of aryl methyl sites for hydroxylation is 2. The highest BCUT2D eigenvalue weighted by Gasteiger charge is 2.32. The third-order valence-corrected chi connectivity index (χ3v) is 8.26. The Balaban J connectivity index is 2.60. The molecule has 1 N–H and O–H groups in total. The Morgan fingerprint density at radius 3 is 2.18 bits per heavy atom. The zero-order valence-electron chi connectivity index (χ0n) is 13.4. The van der Waals surface area contributed by atoms with Crippen LogP contribution in [0.1, 0.15) is 16.7 Å². The first-order valence-electron chi connectivity index (χ1n) is 7.24. The van der Waals surface area contributed by atoms with Crippen molar-refractivity contribution >= 4 is 23.4 Å². The lowest BCUT2D eigenvalue weighted by molar-refractivity contribution is 0.483. The van der Waals surface area contributed by atoms with Crippen LogP contribution in [0.4, 0.5) is 0 Å². The predicted octanol–water partition coefficient (Wildman–Crippen LogP) is 3.25. The van der Waals surface area contributed by atoms with E-state index in [1.54, 1.807) is 6.07 Å². The molecule has 0 unspecified atom stereocenters. The standard InChI is InChI=1S/C17H22O3SSi/c1-13-10-14(2)17(16(11-13)21(18,19)20)22(3,4)12-15-8-6-5-7-9-15/h5-11H,12H2,1-4H3,(H,18,19,20). The second-order valence-electron chi connectivity index (χ2n) is 6.48. The van der Waals surface area contributed by atoms with Crippen LogP contribution in [0.15, 0.2) is 47.4 Å². The summed E-state index contributed by atoms with van der Waals surface area (Å²) in [6.45, 7) is 8.06. The molecule has 2 aromatic carbocycles. The van der Waals surface area contributed by atoms with E-state index in [1.807, 2.05) is 38.1 Å². The molecule has 0 atom stereocenters. The van der Waals surface area contributed by atoms with Gasteiger partial charge in [0.25, 0.3) is 10.1 Å². The van der Waals surface area contributed by atoms with Gasteiger partial charge in [0, 0.05) is 0 Å². The Labute approximate surface area is 133 Å². The first-order chi connectivity index (χ1) is 10.1. The van der Waals surface area contributed by atoms with E-state index in [-0.39, 0.29) is 4.90 Å². The lowest BCUT2D eigenvalue weighted by atomic mass is 10.2. The molecule has 0 aliphatic rings. The van der Waals surface area contributed by atoms with Crippen molar-refractivity contribution in [1.29, 1.82) is 0 Å². The van der Waals surface area contributed by atoms with Gasteiger partial charge < -0.3 is 0 Å². The van der Waals surface area contributed by atoms with Crippen molar-refractivity contribution in [2.45, 2.75) is 37.9 Å². The maximum atomic E-state index is 11.8. The van der Waals surface area contributed by atoms with E-state index < -0.39 is 18.2 Å². The highest BCUT2D eigenvalue weighted by Crippen LogP contribution is 2.21. The maximum absolute atomic E-state index is 11.8. The SMILES string of the molecule is Cc1cc(C)c([Si](C)(C)Cc2ccccc2)c(S(=O)(=O)O)c1. The molecule has 0 radical (unpaired) electrons. The minimum atomic E-state index is -4.22. The van der Waals surface area contributed by atoms with Crippen molar-refractivity contribution < 1.29 is 13.0 Å². The summed E-state index contributed by atoms with van der Waals surface area (Å²) in [6, 6.07) is 14.5. The quantitative estimate of drug-likeness (QED) is 0.690. The Morgan fingerprint density at radius 2 is 1.64 bits per heavy atom. The van der Waals surface area contributed by atoms with Gasteiger partial charge >= 0.3 is 0 Å². The molecule has 3 nitrogen and oxygen atoms in total. The molecule has 5 heteroatoms. The molecule has 2 rings (SSSR count). The average Bonchev–Trinajstić information content (AvgIpc) is 2.36. The first kappa shape index (κ1) is 16.9. The van der Waals surface area contributed by atoms with Gasteiger partial charge in [-0.3, -0.25) is 4.55 Å². The van der Waals surface area contributed by atoms with E-state index in [2.05, 4.69) is 25.2 Å². The summed E-state index contributed by atoms with van der Waals surface area (Å²) in [4.78, 5) is 0.0811. The summed E-state index contributed by atoms with van der Waals surface area (Å²) in [5, 5.41) is 0.824. The smallest absolute Gasteiger partial charge is 0.282 e. The van der Waals surface area contributed by atoms with Crippen LogP contribution in [0.2, 0.25) is 13.1 Å². The molecule has 0 bridgehead atoms. The van der Waals surface area contributed by atoms with Crippen LogP contribution in [0.3, 0.4) is 0 Å². The van der Waals surface area contributed by atoms with Crippen LogP contribution in [0, 0.1) is 13.8 Å². The average molecular weight is 335 g/mol. The van der Waals surface area contributed by atoms with Crippen molar-refractivity contribution in [2.75, 3.05) is 0 Å². The second-order valence-corrected chi connectivity index (χ2v) is 12.5. The number of rotatable bonds is 4. The van der Waals surface area contributed by atoms with Gasteiger partial charge in [0.2, 0.25) is 0 Å². The zero-order valence-corrected chi connectivity index (χ0v) is 15.2. The topological polar surface area (TPSA) is 54.4 Å². The van der Waals surface area contributed by atoms with Crippen LogP contribution in [0.5, 0.6) is 0 Å². The van der Waals surface area contributed by atoms with E-state index in [9.17, 15) is 13.0 Å². The summed E-state index contributed by atoms with van der Waals surface area (Å²) < 4.78 is 33.3. The summed E-state index contributed by atoms with van der Waals surface area (Å²) in [6.07, 6.45) is 0. The lowest BCUT2D eigenvalue weighted by Crippen LogP contribution is -2.48. The molecule has 0 heterocycles. The molecular formula is C17H22O3SSi. The van der Waals surface area contributed by atoms with E-state index in [0.717, 1.165) is 22.4 Å². The summed E-state index contributed by atoms with van der Waals surface area (Å²) in [5.41, 5.74) is 2.99. The lowest BCUT2D eigenvalue weighted by Gasteiger charge is -2.27. The van der Waals surface area contributed by atoms with Gasteiger partial charge in [-0.2, -0.15) is 8.42 Å². The molecule has 0 saturated heterocycles. The van der Waals surface area contributed by atoms with Gasteiger partial charge in [0.05, 0.1) is 13.0 Å². The minimum Gasteiger partial charge on any atom is -0.282 e. The van der Waals surface area contributed by atoms with Crippen LogP contribution in [-0.2, 0) is 16.2 Å². The predicted molar refractivity (Wildman–Crippen MR) is 93.0 cm³/mol. The van der Waals surface area contributed by atoms with E-state index in [0.29, 0.717) is 0 Å². The molecule has 0 saturated carbocycles. The molecule has 0 amide bonds. The number of benzene rings is 2. The second kappa shape index (κ2) is 5.99.